The Morgan fingerprint density at radius 2 is 1.75 bits per heavy atom. The second-order valence-electron chi connectivity index (χ2n) is 7.52. The second-order valence-corrected chi connectivity index (χ2v) is 7.52. The van der Waals surface area contributed by atoms with Crippen LogP contribution in [0.3, 0.4) is 0 Å². The molecular formula is C20H33NO3. The summed E-state index contributed by atoms with van der Waals surface area (Å²) in [4.78, 5) is 2.38. The standard InChI is InChI=1S/C20H33NO3/c1-16(2)15-20(22,9-10-21-11-13-23-14-12-21)18-5-7-19(8-6-18)24-17(3)4/h5-8,16-17,22H,9-15H2,1-4H3. The predicted octanol–water partition coefficient (Wildman–Crippen LogP) is 3.43. The molecule has 1 saturated heterocycles. The molecule has 2 rings (SSSR count). The lowest BCUT2D eigenvalue weighted by atomic mass is 9.83. The predicted molar refractivity (Wildman–Crippen MR) is 97.4 cm³/mol. The Labute approximate surface area is 146 Å². The van der Waals surface area contributed by atoms with Gasteiger partial charge in [0.15, 0.2) is 0 Å². The zero-order valence-electron chi connectivity index (χ0n) is 15.6. The number of benzene rings is 1. The van der Waals surface area contributed by atoms with Crippen LogP contribution in [-0.4, -0.2) is 49.0 Å². The van der Waals surface area contributed by atoms with Crippen LogP contribution in [0, 0.1) is 5.92 Å². The first-order valence-electron chi connectivity index (χ1n) is 9.19. The van der Waals surface area contributed by atoms with E-state index in [-0.39, 0.29) is 6.10 Å². The Morgan fingerprint density at radius 3 is 2.29 bits per heavy atom. The van der Waals surface area contributed by atoms with Crippen molar-refractivity contribution in [3.8, 4) is 5.75 Å². The van der Waals surface area contributed by atoms with Crippen molar-refractivity contribution >= 4 is 0 Å². The molecule has 1 heterocycles. The highest BCUT2D eigenvalue weighted by atomic mass is 16.5. The Hall–Kier alpha value is -1.10. The molecule has 0 radical (unpaired) electrons. The first kappa shape index (κ1) is 19.2. The van der Waals surface area contributed by atoms with Crippen molar-refractivity contribution in [3.63, 3.8) is 0 Å². The molecular weight excluding hydrogens is 302 g/mol. The first-order valence-corrected chi connectivity index (χ1v) is 9.19. The number of hydrogen-bond donors (Lipinski definition) is 1. The molecule has 1 aromatic carbocycles. The van der Waals surface area contributed by atoms with E-state index < -0.39 is 5.60 Å². The molecule has 0 saturated carbocycles. The van der Waals surface area contributed by atoms with E-state index in [0.29, 0.717) is 5.92 Å². The summed E-state index contributed by atoms with van der Waals surface area (Å²) >= 11 is 0. The maximum atomic E-state index is 11.4. The fraction of sp³-hybridized carbons (Fsp3) is 0.700. The molecule has 1 unspecified atom stereocenters. The number of hydrogen-bond acceptors (Lipinski definition) is 4. The molecule has 0 aliphatic carbocycles. The van der Waals surface area contributed by atoms with Gasteiger partial charge in [-0.1, -0.05) is 26.0 Å². The minimum atomic E-state index is -0.789. The average molecular weight is 335 g/mol. The number of aliphatic hydroxyl groups is 1. The molecule has 0 bridgehead atoms. The van der Waals surface area contributed by atoms with Gasteiger partial charge in [-0.25, -0.2) is 0 Å². The van der Waals surface area contributed by atoms with Gasteiger partial charge in [0.05, 0.1) is 24.9 Å². The summed E-state index contributed by atoms with van der Waals surface area (Å²) in [5.41, 5.74) is 0.198. The van der Waals surface area contributed by atoms with E-state index in [0.717, 1.165) is 57.0 Å². The Kier molecular flexibility index (Phi) is 7.08. The maximum absolute atomic E-state index is 11.4. The monoisotopic (exact) mass is 335 g/mol. The van der Waals surface area contributed by atoms with Gasteiger partial charge in [-0.2, -0.15) is 0 Å². The van der Waals surface area contributed by atoms with Crippen LogP contribution in [0.2, 0.25) is 0 Å². The average Bonchev–Trinajstić information content (AvgIpc) is 2.53. The van der Waals surface area contributed by atoms with Crippen molar-refractivity contribution < 1.29 is 14.6 Å². The molecule has 1 N–H and O–H groups in total. The second kappa shape index (κ2) is 8.84. The van der Waals surface area contributed by atoms with Gasteiger partial charge < -0.3 is 14.6 Å². The van der Waals surface area contributed by atoms with E-state index in [4.69, 9.17) is 9.47 Å². The highest BCUT2D eigenvalue weighted by Crippen LogP contribution is 2.33. The molecule has 0 aromatic heterocycles. The van der Waals surface area contributed by atoms with Gasteiger partial charge in [-0.3, -0.25) is 4.90 Å². The van der Waals surface area contributed by atoms with Crippen LogP contribution in [0.25, 0.3) is 0 Å². The summed E-state index contributed by atoms with van der Waals surface area (Å²) in [5, 5.41) is 11.4. The van der Waals surface area contributed by atoms with Crippen LogP contribution in [0.5, 0.6) is 5.75 Å². The van der Waals surface area contributed by atoms with Crippen molar-refractivity contribution in [1.82, 2.24) is 4.90 Å². The van der Waals surface area contributed by atoms with E-state index in [1.807, 2.05) is 38.1 Å². The summed E-state index contributed by atoms with van der Waals surface area (Å²) in [7, 11) is 0. The van der Waals surface area contributed by atoms with Crippen LogP contribution in [0.4, 0.5) is 0 Å². The summed E-state index contributed by atoms with van der Waals surface area (Å²) < 4.78 is 11.1. The fourth-order valence-electron chi connectivity index (χ4n) is 3.32. The lowest BCUT2D eigenvalue weighted by Crippen LogP contribution is -2.40. The van der Waals surface area contributed by atoms with E-state index in [2.05, 4.69) is 18.7 Å². The fourth-order valence-corrected chi connectivity index (χ4v) is 3.32. The van der Waals surface area contributed by atoms with Crippen molar-refractivity contribution in [2.45, 2.75) is 52.2 Å². The molecule has 1 aromatic rings. The van der Waals surface area contributed by atoms with Gasteiger partial charge in [-0.15, -0.1) is 0 Å². The highest BCUT2D eigenvalue weighted by molar-refractivity contribution is 5.31. The Morgan fingerprint density at radius 1 is 1.12 bits per heavy atom. The van der Waals surface area contributed by atoms with Crippen LogP contribution in [0.1, 0.15) is 46.1 Å². The quantitative estimate of drug-likeness (QED) is 0.790. The third-order valence-corrected chi connectivity index (χ3v) is 4.45. The van der Waals surface area contributed by atoms with Gasteiger partial charge in [0.2, 0.25) is 0 Å². The van der Waals surface area contributed by atoms with E-state index in [1.54, 1.807) is 0 Å². The van der Waals surface area contributed by atoms with Crippen molar-refractivity contribution in [1.29, 1.82) is 0 Å². The summed E-state index contributed by atoms with van der Waals surface area (Å²) in [6, 6.07) is 7.96. The molecule has 136 valence electrons. The van der Waals surface area contributed by atoms with E-state index in [9.17, 15) is 5.11 Å². The van der Waals surface area contributed by atoms with Crippen molar-refractivity contribution in [2.75, 3.05) is 32.8 Å². The smallest absolute Gasteiger partial charge is 0.119 e. The molecule has 1 atom stereocenters. The zero-order valence-corrected chi connectivity index (χ0v) is 15.6. The Bertz CT molecular complexity index is 480. The molecule has 4 nitrogen and oxygen atoms in total. The minimum absolute atomic E-state index is 0.159. The zero-order chi connectivity index (χ0) is 17.6. The molecule has 1 fully saturated rings. The summed E-state index contributed by atoms with van der Waals surface area (Å²) in [6.45, 7) is 12.8. The van der Waals surface area contributed by atoms with Crippen molar-refractivity contribution in [3.05, 3.63) is 29.8 Å². The van der Waals surface area contributed by atoms with Crippen LogP contribution < -0.4 is 4.74 Å². The topological polar surface area (TPSA) is 41.9 Å². The molecule has 0 spiro atoms. The van der Waals surface area contributed by atoms with Crippen LogP contribution in [0.15, 0.2) is 24.3 Å². The molecule has 4 heteroatoms. The lowest BCUT2D eigenvalue weighted by molar-refractivity contribution is -0.0172. The van der Waals surface area contributed by atoms with Gasteiger partial charge >= 0.3 is 0 Å². The highest BCUT2D eigenvalue weighted by Gasteiger charge is 2.31. The molecule has 0 amide bonds. The van der Waals surface area contributed by atoms with Gasteiger partial charge in [-0.05, 0) is 50.3 Å². The number of nitrogens with zero attached hydrogens (tertiary/aromatic N) is 1. The number of morpholine rings is 1. The Balaban J connectivity index is 2.07. The first-order chi connectivity index (χ1) is 11.4. The van der Waals surface area contributed by atoms with E-state index in [1.165, 1.54) is 0 Å². The SMILES string of the molecule is CC(C)CC(O)(CCN1CCOCC1)c1ccc(OC(C)C)cc1. The number of ether oxygens (including phenoxy) is 2. The van der Waals surface area contributed by atoms with Gasteiger partial charge in [0, 0.05) is 19.6 Å². The van der Waals surface area contributed by atoms with Crippen molar-refractivity contribution in [2.24, 2.45) is 5.92 Å². The largest absolute Gasteiger partial charge is 0.491 e. The van der Waals surface area contributed by atoms with E-state index >= 15 is 0 Å². The summed E-state index contributed by atoms with van der Waals surface area (Å²) in [5.74, 6) is 1.29. The number of rotatable bonds is 8. The summed E-state index contributed by atoms with van der Waals surface area (Å²) in [6.07, 6.45) is 1.67. The van der Waals surface area contributed by atoms with Gasteiger partial charge in [0.25, 0.3) is 0 Å². The third-order valence-electron chi connectivity index (χ3n) is 4.45. The minimum Gasteiger partial charge on any atom is -0.491 e. The normalized spacial score (nSPS) is 18.8. The molecule has 24 heavy (non-hydrogen) atoms. The molecule has 1 aliphatic heterocycles. The maximum Gasteiger partial charge on any atom is 0.119 e. The van der Waals surface area contributed by atoms with Crippen LogP contribution in [-0.2, 0) is 10.3 Å². The van der Waals surface area contributed by atoms with Crippen LogP contribution >= 0.6 is 0 Å². The third kappa shape index (κ3) is 5.76. The lowest BCUT2D eigenvalue weighted by Gasteiger charge is -2.34. The molecule has 1 aliphatic rings. The van der Waals surface area contributed by atoms with Gasteiger partial charge in [0.1, 0.15) is 5.75 Å².